The van der Waals surface area contributed by atoms with Crippen LogP contribution in [0.25, 0.3) is 0 Å². The molecule has 0 bridgehead atoms. The molecule has 0 saturated carbocycles. The molecular formula is C11H18Cl2N2O3. The van der Waals surface area contributed by atoms with Crippen molar-refractivity contribution in [3.63, 3.8) is 0 Å². The molecule has 1 aromatic rings. The second-order valence-electron chi connectivity index (χ2n) is 4.13. The van der Waals surface area contributed by atoms with E-state index in [4.69, 9.17) is 16.2 Å². The number of benzene rings is 1. The fourth-order valence-corrected chi connectivity index (χ4v) is 1.95. The molecule has 0 unspecified atom stereocenters. The fourth-order valence-electron chi connectivity index (χ4n) is 1.95. The Morgan fingerprint density at radius 2 is 1.78 bits per heavy atom. The van der Waals surface area contributed by atoms with Crippen molar-refractivity contribution in [3.05, 3.63) is 23.3 Å². The van der Waals surface area contributed by atoms with Gasteiger partial charge in [0.15, 0.2) is 11.5 Å². The SMILES string of the molecule is Cl.Cl.NCC1(CN)Cc2c(ccc(O)c2O)CO1. The predicted octanol–water partition coefficient (Wildman–Crippen LogP) is 0.670. The van der Waals surface area contributed by atoms with E-state index in [9.17, 15) is 10.2 Å². The highest BCUT2D eigenvalue weighted by Gasteiger charge is 2.35. The van der Waals surface area contributed by atoms with Gasteiger partial charge in [0.25, 0.3) is 0 Å². The first-order chi connectivity index (χ1) is 7.62. The molecule has 1 aromatic carbocycles. The third kappa shape index (κ3) is 2.81. The lowest BCUT2D eigenvalue weighted by molar-refractivity contribution is -0.0545. The van der Waals surface area contributed by atoms with Gasteiger partial charge in [0.05, 0.1) is 12.2 Å². The van der Waals surface area contributed by atoms with Crippen LogP contribution in [0.5, 0.6) is 11.5 Å². The molecule has 0 aromatic heterocycles. The normalized spacial score (nSPS) is 16.1. The summed E-state index contributed by atoms with van der Waals surface area (Å²) in [6.45, 7) is 0.938. The van der Waals surface area contributed by atoms with Gasteiger partial charge in [-0.05, 0) is 11.6 Å². The maximum absolute atomic E-state index is 9.78. The number of halogens is 2. The smallest absolute Gasteiger partial charge is 0.161 e. The van der Waals surface area contributed by atoms with Crippen molar-refractivity contribution in [1.82, 2.24) is 0 Å². The first-order valence-corrected chi connectivity index (χ1v) is 5.18. The highest BCUT2D eigenvalue weighted by Crippen LogP contribution is 2.37. The molecule has 6 N–H and O–H groups in total. The average molecular weight is 297 g/mol. The molecule has 1 heterocycles. The van der Waals surface area contributed by atoms with Crippen LogP contribution >= 0.6 is 24.8 Å². The van der Waals surface area contributed by atoms with Crippen molar-refractivity contribution >= 4 is 24.8 Å². The summed E-state index contributed by atoms with van der Waals surface area (Å²) in [5.74, 6) is -0.212. The summed E-state index contributed by atoms with van der Waals surface area (Å²) < 4.78 is 5.64. The number of ether oxygens (including phenoxy) is 1. The van der Waals surface area contributed by atoms with Crippen LogP contribution in [-0.2, 0) is 17.8 Å². The average Bonchev–Trinajstić information content (AvgIpc) is 2.34. The first-order valence-electron chi connectivity index (χ1n) is 5.18. The Morgan fingerprint density at radius 1 is 1.17 bits per heavy atom. The predicted molar refractivity (Wildman–Crippen MR) is 73.6 cm³/mol. The lowest BCUT2D eigenvalue weighted by Crippen LogP contribution is -2.51. The van der Waals surface area contributed by atoms with Crippen LogP contribution in [0.2, 0.25) is 0 Å². The van der Waals surface area contributed by atoms with Gasteiger partial charge < -0.3 is 26.4 Å². The summed E-state index contributed by atoms with van der Waals surface area (Å²) in [6.07, 6.45) is 0.426. The molecule has 7 heteroatoms. The van der Waals surface area contributed by atoms with Gasteiger partial charge in [0.2, 0.25) is 0 Å². The van der Waals surface area contributed by atoms with Crippen molar-refractivity contribution in [2.45, 2.75) is 18.6 Å². The van der Waals surface area contributed by atoms with Gasteiger partial charge in [-0.15, -0.1) is 24.8 Å². The molecule has 0 amide bonds. The van der Waals surface area contributed by atoms with Gasteiger partial charge in [0, 0.05) is 25.1 Å². The van der Waals surface area contributed by atoms with E-state index in [2.05, 4.69) is 0 Å². The molecule has 0 fully saturated rings. The second-order valence-corrected chi connectivity index (χ2v) is 4.13. The molecule has 18 heavy (non-hydrogen) atoms. The molecule has 0 radical (unpaired) electrons. The summed E-state index contributed by atoms with van der Waals surface area (Å²) in [5, 5.41) is 19.2. The maximum atomic E-state index is 9.78. The molecule has 0 aliphatic carbocycles. The van der Waals surface area contributed by atoms with Gasteiger partial charge in [-0.25, -0.2) is 0 Å². The van der Waals surface area contributed by atoms with Gasteiger partial charge in [-0.2, -0.15) is 0 Å². The number of phenols is 2. The van der Waals surface area contributed by atoms with Crippen LogP contribution in [0.3, 0.4) is 0 Å². The lowest BCUT2D eigenvalue weighted by atomic mass is 9.88. The van der Waals surface area contributed by atoms with E-state index < -0.39 is 5.60 Å². The molecule has 0 saturated heterocycles. The Labute approximate surface area is 118 Å². The van der Waals surface area contributed by atoms with Crippen molar-refractivity contribution in [2.75, 3.05) is 13.1 Å². The molecule has 1 aliphatic heterocycles. The highest BCUT2D eigenvalue weighted by molar-refractivity contribution is 5.85. The molecule has 0 spiro atoms. The van der Waals surface area contributed by atoms with Crippen molar-refractivity contribution < 1.29 is 14.9 Å². The summed E-state index contributed by atoms with van der Waals surface area (Å²) in [5.41, 5.74) is 12.2. The van der Waals surface area contributed by atoms with E-state index in [1.165, 1.54) is 6.07 Å². The van der Waals surface area contributed by atoms with Crippen molar-refractivity contribution in [1.29, 1.82) is 0 Å². The molecule has 104 valence electrons. The highest BCUT2D eigenvalue weighted by atomic mass is 35.5. The van der Waals surface area contributed by atoms with Crippen LogP contribution in [0.15, 0.2) is 12.1 Å². The molecule has 0 atom stereocenters. The minimum Gasteiger partial charge on any atom is -0.504 e. The van der Waals surface area contributed by atoms with E-state index >= 15 is 0 Å². The quantitative estimate of drug-likeness (QED) is 0.601. The third-order valence-corrected chi connectivity index (χ3v) is 3.14. The van der Waals surface area contributed by atoms with Crippen LogP contribution in [0.1, 0.15) is 11.1 Å². The molecule has 5 nitrogen and oxygen atoms in total. The molecule has 2 rings (SSSR count). The minimum atomic E-state index is -0.627. The Kier molecular flexibility index (Phi) is 6.19. The topological polar surface area (TPSA) is 102 Å². The Morgan fingerprint density at radius 3 is 2.33 bits per heavy atom. The van der Waals surface area contributed by atoms with Gasteiger partial charge in [-0.3, -0.25) is 0 Å². The second kappa shape index (κ2) is 6.45. The Bertz CT molecular complexity index is 412. The van der Waals surface area contributed by atoms with E-state index in [-0.39, 0.29) is 49.4 Å². The Balaban J connectivity index is 0.00000144. The van der Waals surface area contributed by atoms with E-state index in [1.807, 2.05) is 0 Å². The minimum absolute atomic E-state index is 0. The number of aromatic hydroxyl groups is 2. The summed E-state index contributed by atoms with van der Waals surface area (Å²) in [6, 6.07) is 3.19. The number of fused-ring (bicyclic) bond motifs is 1. The van der Waals surface area contributed by atoms with Crippen LogP contribution in [0, 0.1) is 0 Å². The fraction of sp³-hybridized carbons (Fsp3) is 0.455. The summed E-state index contributed by atoms with van der Waals surface area (Å²) in [4.78, 5) is 0. The zero-order valence-corrected chi connectivity index (χ0v) is 11.4. The van der Waals surface area contributed by atoms with Crippen LogP contribution in [0.4, 0.5) is 0 Å². The number of hydrogen-bond acceptors (Lipinski definition) is 5. The number of phenolic OH excluding ortho intramolecular Hbond substituents is 2. The maximum Gasteiger partial charge on any atom is 0.161 e. The van der Waals surface area contributed by atoms with Gasteiger partial charge in [-0.1, -0.05) is 6.07 Å². The Hall–Kier alpha value is -0.720. The monoisotopic (exact) mass is 296 g/mol. The first kappa shape index (κ1) is 17.3. The van der Waals surface area contributed by atoms with Crippen molar-refractivity contribution in [3.8, 4) is 11.5 Å². The van der Waals surface area contributed by atoms with Crippen molar-refractivity contribution in [2.24, 2.45) is 11.5 Å². The van der Waals surface area contributed by atoms with Gasteiger partial charge in [0.1, 0.15) is 0 Å². The molecular weight excluding hydrogens is 279 g/mol. The standard InChI is InChI=1S/C11H16N2O3.2ClH/c12-5-11(6-13)3-8-7(4-16-11)1-2-9(14)10(8)15;;/h1-2,14-15H,3-6,12-13H2;2*1H. The zero-order valence-electron chi connectivity index (χ0n) is 9.76. The summed E-state index contributed by atoms with van der Waals surface area (Å²) in [7, 11) is 0. The third-order valence-electron chi connectivity index (χ3n) is 3.14. The van der Waals surface area contributed by atoms with Crippen LogP contribution < -0.4 is 11.5 Å². The zero-order chi connectivity index (χ0) is 11.8. The molecule has 1 aliphatic rings. The largest absolute Gasteiger partial charge is 0.504 e. The van der Waals surface area contributed by atoms with E-state index in [1.54, 1.807) is 6.07 Å². The number of hydrogen-bond donors (Lipinski definition) is 4. The lowest BCUT2D eigenvalue weighted by Gasteiger charge is -2.36. The van der Waals surface area contributed by atoms with Crippen LogP contribution in [-0.4, -0.2) is 28.9 Å². The number of rotatable bonds is 2. The van der Waals surface area contributed by atoms with E-state index in [0.29, 0.717) is 18.6 Å². The number of nitrogens with two attached hydrogens (primary N) is 2. The van der Waals surface area contributed by atoms with E-state index in [0.717, 1.165) is 5.56 Å². The van der Waals surface area contributed by atoms with Gasteiger partial charge >= 0.3 is 0 Å². The summed E-state index contributed by atoms with van der Waals surface area (Å²) >= 11 is 0.